The summed E-state index contributed by atoms with van der Waals surface area (Å²) in [6, 6.07) is 4.21. The predicted octanol–water partition coefficient (Wildman–Crippen LogP) is 2.77. The van der Waals surface area contributed by atoms with Crippen molar-refractivity contribution < 1.29 is 9.53 Å². The van der Waals surface area contributed by atoms with Gasteiger partial charge in [-0.2, -0.15) is 0 Å². The molecule has 1 aromatic carbocycles. The van der Waals surface area contributed by atoms with Crippen molar-refractivity contribution >= 4 is 5.91 Å². The topological polar surface area (TPSA) is 38.3 Å². The minimum atomic E-state index is 0.218. The van der Waals surface area contributed by atoms with Gasteiger partial charge < -0.3 is 10.1 Å². The van der Waals surface area contributed by atoms with Crippen molar-refractivity contribution in [2.24, 2.45) is 5.92 Å². The SMILES string of the molecule is COc1cc(C)cc(C)c1CCNC(=O)C1CCC1. The summed E-state index contributed by atoms with van der Waals surface area (Å²) in [5.74, 6) is 1.41. The van der Waals surface area contributed by atoms with Crippen molar-refractivity contribution in [2.45, 2.75) is 39.5 Å². The summed E-state index contributed by atoms with van der Waals surface area (Å²) in [5.41, 5.74) is 3.63. The summed E-state index contributed by atoms with van der Waals surface area (Å²) < 4.78 is 5.43. The van der Waals surface area contributed by atoms with E-state index in [2.05, 4.69) is 31.3 Å². The molecule has 1 N–H and O–H groups in total. The summed E-state index contributed by atoms with van der Waals surface area (Å²) in [4.78, 5) is 11.8. The van der Waals surface area contributed by atoms with Gasteiger partial charge >= 0.3 is 0 Å². The van der Waals surface area contributed by atoms with Crippen LogP contribution in [0, 0.1) is 19.8 Å². The van der Waals surface area contributed by atoms with E-state index in [0.717, 1.165) is 25.0 Å². The van der Waals surface area contributed by atoms with Gasteiger partial charge in [-0.15, -0.1) is 0 Å². The third-order valence-corrected chi connectivity index (χ3v) is 3.95. The molecule has 1 saturated carbocycles. The lowest BCUT2D eigenvalue weighted by Gasteiger charge is -2.24. The van der Waals surface area contributed by atoms with Crippen LogP contribution in [0.15, 0.2) is 12.1 Å². The fourth-order valence-electron chi connectivity index (χ4n) is 2.59. The van der Waals surface area contributed by atoms with Gasteiger partial charge in [0.1, 0.15) is 5.75 Å². The van der Waals surface area contributed by atoms with Gasteiger partial charge in [0.25, 0.3) is 0 Å². The standard InChI is InChI=1S/C16H23NO2/c1-11-9-12(2)14(15(10-11)19-3)7-8-17-16(18)13-5-4-6-13/h9-10,13H,4-8H2,1-3H3,(H,17,18). The molecule has 1 fully saturated rings. The number of ether oxygens (including phenoxy) is 1. The van der Waals surface area contributed by atoms with E-state index in [4.69, 9.17) is 4.74 Å². The monoisotopic (exact) mass is 261 g/mol. The van der Waals surface area contributed by atoms with Crippen LogP contribution < -0.4 is 10.1 Å². The summed E-state index contributed by atoms with van der Waals surface area (Å²) in [5, 5.41) is 3.03. The van der Waals surface area contributed by atoms with E-state index in [1.54, 1.807) is 7.11 Å². The van der Waals surface area contributed by atoms with E-state index in [-0.39, 0.29) is 11.8 Å². The molecule has 0 atom stereocenters. The van der Waals surface area contributed by atoms with Crippen LogP contribution in [0.3, 0.4) is 0 Å². The number of carbonyl (C=O) groups is 1. The van der Waals surface area contributed by atoms with Crippen LogP contribution in [-0.4, -0.2) is 19.6 Å². The molecule has 0 radical (unpaired) electrons. The van der Waals surface area contributed by atoms with Crippen LogP contribution in [0.5, 0.6) is 5.75 Å². The first-order valence-electron chi connectivity index (χ1n) is 7.03. The second-order valence-corrected chi connectivity index (χ2v) is 5.43. The molecule has 0 aromatic heterocycles. The van der Waals surface area contributed by atoms with Crippen molar-refractivity contribution in [3.63, 3.8) is 0 Å². The maximum Gasteiger partial charge on any atom is 0.223 e. The summed E-state index contributed by atoms with van der Waals surface area (Å²) in [6.07, 6.45) is 4.13. The number of benzene rings is 1. The zero-order valence-corrected chi connectivity index (χ0v) is 12.1. The normalized spacial score (nSPS) is 14.9. The Morgan fingerprint density at radius 1 is 1.37 bits per heavy atom. The molecule has 1 amide bonds. The highest BCUT2D eigenvalue weighted by Crippen LogP contribution is 2.27. The Morgan fingerprint density at radius 2 is 2.11 bits per heavy atom. The Morgan fingerprint density at radius 3 is 2.68 bits per heavy atom. The molecule has 0 spiro atoms. The number of carbonyl (C=O) groups excluding carboxylic acids is 1. The zero-order valence-electron chi connectivity index (χ0n) is 12.1. The first-order valence-corrected chi connectivity index (χ1v) is 7.03. The molecule has 104 valence electrons. The van der Waals surface area contributed by atoms with Gasteiger partial charge in [-0.05, 0) is 55.9 Å². The molecule has 1 aliphatic rings. The van der Waals surface area contributed by atoms with Crippen LogP contribution in [0.1, 0.15) is 36.0 Å². The van der Waals surface area contributed by atoms with Gasteiger partial charge in [-0.3, -0.25) is 4.79 Å². The highest BCUT2D eigenvalue weighted by molar-refractivity contribution is 5.79. The third kappa shape index (κ3) is 3.28. The van der Waals surface area contributed by atoms with E-state index in [9.17, 15) is 4.79 Å². The third-order valence-electron chi connectivity index (χ3n) is 3.95. The number of hydrogen-bond acceptors (Lipinski definition) is 2. The predicted molar refractivity (Wildman–Crippen MR) is 76.5 cm³/mol. The number of methoxy groups -OCH3 is 1. The van der Waals surface area contributed by atoms with Crippen molar-refractivity contribution in [3.8, 4) is 5.75 Å². The molecular weight excluding hydrogens is 238 g/mol. The molecule has 1 aromatic rings. The van der Waals surface area contributed by atoms with Crippen LogP contribution in [-0.2, 0) is 11.2 Å². The smallest absolute Gasteiger partial charge is 0.223 e. The van der Waals surface area contributed by atoms with Gasteiger partial charge in [-0.25, -0.2) is 0 Å². The highest BCUT2D eigenvalue weighted by atomic mass is 16.5. The van der Waals surface area contributed by atoms with Gasteiger partial charge in [0.2, 0.25) is 5.91 Å². The first kappa shape index (κ1) is 13.9. The molecule has 1 aliphatic carbocycles. The molecule has 3 nitrogen and oxygen atoms in total. The molecule has 0 aliphatic heterocycles. The molecule has 2 rings (SSSR count). The summed E-state index contributed by atoms with van der Waals surface area (Å²) in [7, 11) is 1.70. The number of hydrogen-bond donors (Lipinski definition) is 1. The van der Waals surface area contributed by atoms with Crippen molar-refractivity contribution in [2.75, 3.05) is 13.7 Å². The fraction of sp³-hybridized carbons (Fsp3) is 0.562. The van der Waals surface area contributed by atoms with Crippen molar-refractivity contribution in [1.29, 1.82) is 0 Å². The van der Waals surface area contributed by atoms with Gasteiger partial charge in [0.15, 0.2) is 0 Å². The lowest BCUT2D eigenvalue weighted by molar-refractivity contribution is -0.127. The number of aryl methyl sites for hydroxylation is 2. The van der Waals surface area contributed by atoms with E-state index in [1.807, 2.05) is 0 Å². The maximum absolute atomic E-state index is 11.8. The second-order valence-electron chi connectivity index (χ2n) is 5.43. The number of rotatable bonds is 5. The Bertz CT molecular complexity index is 464. The number of nitrogens with one attached hydrogen (secondary N) is 1. The van der Waals surface area contributed by atoms with Crippen LogP contribution in [0.25, 0.3) is 0 Å². The molecular formula is C16H23NO2. The fourth-order valence-corrected chi connectivity index (χ4v) is 2.59. The molecule has 3 heteroatoms. The van der Waals surface area contributed by atoms with E-state index >= 15 is 0 Å². The average molecular weight is 261 g/mol. The minimum Gasteiger partial charge on any atom is -0.496 e. The average Bonchev–Trinajstić information content (AvgIpc) is 2.29. The van der Waals surface area contributed by atoms with Crippen LogP contribution in [0.2, 0.25) is 0 Å². The molecule has 0 unspecified atom stereocenters. The van der Waals surface area contributed by atoms with Crippen LogP contribution >= 0.6 is 0 Å². The van der Waals surface area contributed by atoms with E-state index < -0.39 is 0 Å². The lowest BCUT2D eigenvalue weighted by atomic mass is 9.85. The zero-order chi connectivity index (χ0) is 13.8. The van der Waals surface area contributed by atoms with E-state index in [1.165, 1.54) is 23.1 Å². The highest BCUT2D eigenvalue weighted by Gasteiger charge is 2.24. The Kier molecular flexibility index (Phi) is 4.46. The van der Waals surface area contributed by atoms with Gasteiger partial charge in [0, 0.05) is 12.5 Å². The Balaban J connectivity index is 1.93. The molecule has 19 heavy (non-hydrogen) atoms. The Hall–Kier alpha value is -1.51. The molecule has 0 saturated heterocycles. The second kappa shape index (κ2) is 6.09. The molecule has 0 heterocycles. The van der Waals surface area contributed by atoms with Crippen LogP contribution in [0.4, 0.5) is 0 Å². The quantitative estimate of drug-likeness (QED) is 0.885. The van der Waals surface area contributed by atoms with Gasteiger partial charge in [-0.1, -0.05) is 12.5 Å². The van der Waals surface area contributed by atoms with Crippen molar-refractivity contribution in [1.82, 2.24) is 5.32 Å². The van der Waals surface area contributed by atoms with Crippen molar-refractivity contribution in [3.05, 3.63) is 28.8 Å². The van der Waals surface area contributed by atoms with Gasteiger partial charge in [0.05, 0.1) is 7.11 Å². The first-order chi connectivity index (χ1) is 9.11. The Labute approximate surface area is 115 Å². The summed E-state index contributed by atoms with van der Waals surface area (Å²) in [6.45, 7) is 4.85. The lowest BCUT2D eigenvalue weighted by Crippen LogP contribution is -2.35. The number of amides is 1. The molecule has 0 bridgehead atoms. The minimum absolute atomic E-state index is 0.218. The largest absolute Gasteiger partial charge is 0.496 e. The summed E-state index contributed by atoms with van der Waals surface area (Å²) >= 11 is 0. The maximum atomic E-state index is 11.8. The van der Waals surface area contributed by atoms with E-state index in [0.29, 0.717) is 6.54 Å².